The lowest BCUT2D eigenvalue weighted by Gasteiger charge is -2.07. The van der Waals surface area contributed by atoms with Gasteiger partial charge < -0.3 is 4.52 Å². The van der Waals surface area contributed by atoms with Crippen LogP contribution >= 0.6 is 34.3 Å². The fourth-order valence-corrected chi connectivity index (χ4v) is 5.22. The van der Waals surface area contributed by atoms with Gasteiger partial charge in [0.05, 0.1) is 15.0 Å². The molecule has 3 aromatic heterocycles. The van der Waals surface area contributed by atoms with Gasteiger partial charge in [-0.3, -0.25) is 0 Å². The van der Waals surface area contributed by atoms with Crippen LogP contribution in [0.2, 0.25) is 4.34 Å². The zero-order chi connectivity index (χ0) is 15.7. The van der Waals surface area contributed by atoms with E-state index in [9.17, 15) is 8.42 Å². The van der Waals surface area contributed by atoms with E-state index in [1.807, 2.05) is 17.5 Å². The normalized spacial score (nSPS) is 13.4. The first-order valence-electron chi connectivity index (χ1n) is 6.29. The lowest BCUT2D eigenvalue weighted by molar-refractivity contribution is 0.377. The number of hydrogen-bond acceptors (Lipinski definition) is 7. The highest BCUT2D eigenvalue weighted by Crippen LogP contribution is 2.30. The average molecular weight is 375 g/mol. The molecule has 0 aliphatic carbocycles. The van der Waals surface area contributed by atoms with E-state index in [4.69, 9.17) is 16.1 Å². The van der Waals surface area contributed by atoms with Crippen molar-refractivity contribution in [2.24, 2.45) is 0 Å². The van der Waals surface area contributed by atoms with Gasteiger partial charge in [-0.25, -0.2) is 8.42 Å². The number of hydrogen-bond donors (Lipinski definition) is 0. The molecule has 3 heterocycles. The van der Waals surface area contributed by atoms with Gasteiger partial charge in [-0.15, -0.1) is 22.7 Å². The topological polar surface area (TPSA) is 73.1 Å². The van der Waals surface area contributed by atoms with Crippen LogP contribution in [0.4, 0.5) is 0 Å². The summed E-state index contributed by atoms with van der Waals surface area (Å²) in [6.07, 6.45) is 0. The molecule has 0 fully saturated rings. The molecule has 0 spiro atoms. The summed E-state index contributed by atoms with van der Waals surface area (Å²) >= 11 is 8.55. The van der Waals surface area contributed by atoms with E-state index in [1.54, 1.807) is 19.1 Å². The fourth-order valence-electron chi connectivity index (χ4n) is 1.81. The Balaban J connectivity index is 1.82. The lowest BCUT2D eigenvalue weighted by atomic mass is 10.4. The van der Waals surface area contributed by atoms with Gasteiger partial charge in [-0.1, -0.05) is 22.8 Å². The highest BCUT2D eigenvalue weighted by Gasteiger charge is 2.29. The Morgan fingerprint density at radius 1 is 1.36 bits per heavy atom. The van der Waals surface area contributed by atoms with E-state index in [0.29, 0.717) is 15.0 Å². The first kappa shape index (κ1) is 15.7. The van der Waals surface area contributed by atoms with Crippen molar-refractivity contribution >= 4 is 44.1 Å². The molecule has 1 atom stereocenters. The molecule has 22 heavy (non-hydrogen) atoms. The molecule has 0 saturated carbocycles. The zero-order valence-corrected chi connectivity index (χ0v) is 14.6. The fraction of sp³-hybridized carbons (Fsp3) is 0.231. The van der Waals surface area contributed by atoms with Crippen LogP contribution in [0.15, 0.2) is 34.2 Å². The van der Waals surface area contributed by atoms with Gasteiger partial charge in [0.15, 0.2) is 9.84 Å². The summed E-state index contributed by atoms with van der Waals surface area (Å²) in [4.78, 5) is 5.72. The molecule has 5 nitrogen and oxygen atoms in total. The average Bonchev–Trinajstić information content (AvgIpc) is 3.17. The first-order chi connectivity index (χ1) is 10.5. The van der Waals surface area contributed by atoms with E-state index >= 15 is 0 Å². The number of nitrogens with zero attached hydrogens (tertiary/aromatic N) is 2. The van der Waals surface area contributed by atoms with Crippen molar-refractivity contribution in [3.8, 4) is 10.7 Å². The number of aromatic nitrogens is 2. The quantitative estimate of drug-likeness (QED) is 0.669. The smallest absolute Gasteiger partial charge is 0.245 e. The van der Waals surface area contributed by atoms with Crippen LogP contribution in [0.25, 0.3) is 10.7 Å². The van der Waals surface area contributed by atoms with Crippen LogP contribution < -0.4 is 0 Å². The molecule has 9 heteroatoms. The van der Waals surface area contributed by atoms with Crippen molar-refractivity contribution in [1.82, 2.24) is 10.1 Å². The maximum Gasteiger partial charge on any atom is 0.245 e. The third-order valence-electron chi connectivity index (χ3n) is 3.04. The van der Waals surface area contributed by atoms with Gasteiger partial charge in [0, 0.05) is 4.88 Å². The Hall–Kier alpha value is -1.22. The molecule has 116 valence electrons. The molecule has 3 rings (SSSR count). The SMILES string of the molecule is C[C@H](c1nc(-c2cccs2)no1)S(=O)(=O)Cc1ccc(Cl)s1. The second kappa shape index (κ2) is 6.11. The third-order valence-corrected chi connectivity index (χ3v) is 7.31. The Bertz CT molecular complexity index is 868. The summed E-state index contributed by atoms with van der Waals surface area (Å²) in [5.74, 6) is 0.416. The molecule has 0 saturated heterocycles. The lowest BCUT2D eigenvalue weighted by Crippen LogP contribution is -2.12. The van der Waals surface area contributed by atoms with Crippen LogP contribution in [-0.4, -0.2) is 18.6 Å². The monoisotopic (exact) mass is 374 g/mol. The predicted octanol–water partition coefficient (Wildman–Crippen LogP) is 4.19. The van der Waals surface area contributed by atoms with E-state index in [0.717, 1.165) is 4.88 Å². The van der Waals surface area contributed by atoms with Gasteiger partial charge in [-0.2, -0.15) is 4.98 Å². The standard InChI is InChI=1S/C13H11ClN2O3S3/c1-8(22(17,18)7-9-4-5-11(14)21-9)13-15-12(16-19-13)10-3-2-6-20-10/h2-6,8H,7H2,1H3/t8-/m1/s1. The minimum Gasteiger partial charge on any atom is -0.338 e. The maximum atomic E-state index is 12.4. The molecule has 0 unspecified atom stereocenters. The van der Waals surface area contributed by atoms with Crippen molar-refractivity contribution in [1.29, 1.82) is 0 Å². The summed E-state index contributed by atoms with van der Waals surface area (Å²) in [7, 11) is -3.45. The molecule has 0 aliphatic heterocycles. The molecule has 0 amide bonds. The van der Waals surface area contributed by atoms with Crippen molar-refractivity contribution < 1.29 is 12.9 Å². The molecule has 0 radical (unpaired) electrons. The first-order valence-corrected chi connectivity index (χ1v) is 10.1. The van der Waals surface area contributed by atoms with Gasteiger partial charge in [0.2, 0.25) is 11.7 Å². The molecule has 0 bridgehead atoms. The minimum absolute atomic E-state index is 0.0950. The minimum atomic E-state index is -3.45. The Morgan fingerprint density at radius 2 is 2.18 bits per heavy atom. The number of halogens is 1. The summed E-state index contributed by atoms with van der Waals surface area (Å²) in [6, 6.07) is 7.12. The molecule has 0 aliphatic rings. The Kier molecular flexibility index (Phi) is 4.35. The largest absolute Gasteiger partial charge is 0.338 e. The van der Waals surface area contributed by atoms with Gasteiger partial charge in [0.1, 0.15) is 5.25 Å². The third kappa shape index (κ3) is 3.24. The van der Waals surface area contributed by atoms with Crippen LogP contribution in [-0.2, 0) is 15.6 Å². The summed E-state index contributed by atoms with van der Waals surface area (Å²) < 4.78 is 30.6. The zero-order valence-electron chi connectivity index (χ0n) is 11.4. The maximum absolute atomic E-state index is 12.4. The van der Waals surface area contributed by atoms with Gasteiger partial charge in [-0.05, 0) is 30.5 Å². The highest BCUT2D eigenvalue weighted by molar-refractivity contribution is 7.91. The van der Waals surface area contributed by atoms with Crippen molar-refractivity contribution in [2.75, 3.05) is 0 Å². The van der Waals surface area contributed by atoms with Crippen molar-refractivity contribution in [2.45, 2.75) is 17.9 Å². The Labute approximate surface area is 140 Å². The van der Waals surface area contributed by atoms with Crippen molar-refractivity contribution in [3.05, 3.63) is 44.7 Å². The summed E-state index contributed by atoms with van der Waals surface area (Å²) in [5.41, 5.74) is 0. The number of rotatable bonds is 5. The van der Waals surface area contributed by atoms with E-state index in [1.165, 1.54) is 22.7 Å². The van der Waals surface area contributed by atoms with E-state index in [2.05, 4.69) is 10.1 Å². The van der Waals surface area contributed by atoms with Crippen LogP contribution in [0.5, 0.6) is 0 Å². The molecular weight excluding hydrogens is 364 g/mol. The van der Waals surface area contributed by atoms with Crippen molar-refractivity contribution in [3.63, 3.8) is 0 Å². The van der Waals surface area contributed by atoms with Crippen LogP contribution in [0.3, 0.4) is 0 Å². The molecule has 0 N–H and O–H groups in total. The number of thiophene rings is 2. The molecule has 3 aromatic rings. The highest BCUT2D eigenvalue weighted by atomic mass is 35.5. The second-order valence-electron chi connectivity index (χ2n) is 4.59. The molecule has 0 aromatic carbocycles. The second-order valence-corrected chi connectivity index (χ2v) is 9.66. The number of sulfone groups is 1. The molecular formula is C13H11ClN2O3S3. The summed E-state index contributed by atoms with van der Waals surface area (Å²) in [6.45, 7) is 1.55. The predicted molar refractivity (Wildman–Crippen MR) is 88.0 cm³/mol. The summed E-state index contributed by atoms with van der Waals surface area (Å²) in [5, 5.41) is 4.87. The van der Waals surface area contributed by atoms with Crippen LogP contribution in [0, 0.1) is 0 Å². The van der Waals surface area contributed by atoms with Crippen LogP contribution in [0.1, 0.15) is 22.9 Å². The van der Waals surface area contributed by atoms with Gasteiger partial charge in [0.25, 0.3) is 0 Å². The van der Waals surface area contributed by atoms with E-state index < -0.39 is 15.1 Å². The van der Waals surface area contributed by atoms with E-state index in [-0.39, 0.29) is 11.6 Å². The van der Waals surface area contributed by atoms with Gasteiger partial charge >= 0.3 is 0 Å². The Morgan fingerprint density at radius 3 is 2.82 bits per heavy atom.